The Morgan fingerprint density at radius 3 is 2.56 bits per heavy atom. The van der Waals surface area contributed by atoms with Gasteiger partial charge in [0.25, 0.3) is 0 Å². The summed E-state index contributed by atoms with van der Waals surface area (Å²) < 4.78 is 6.15. The summed E-state index contributed by atoms with van der Waals surface area (Å²) in [5.41, 5.74) is 8.65. The summed E-state index contributed by atoms with van der Waals surface area (Å²) in [6.07, 6.45) is 5.18. The highest BCUT2D eigenvalue weighted by atomic mass is 16.5. The molecule has 0 radical (unpaired) electrons. The van der Waals surface area contributed by atoms with Crippen molar-refractivity contribution in [2.24, 2.45) is 11.1 Å². The summed E-state index contributed by atoms with van der Waals surface area (Å²) in [6, 6.07) is 6.29. The molecule has 0 amide bonds. The van der Waals surface area contributed by atoms with E-state index in [1.807, 2.05) is 0 Å². The number of nitrogens with two attached hydrogens (primary N) is 1. The summed E-state index contributed by atoms with van der Waals surface area (Å²) in [6.45, 7) is 7.34. The molecule has 2 nitrogen and oxygen atoms in total. The fourth-order valence-corrected chi connectivity index (χ4v) is 2.65. The fraction of sp³-hybridized carbons (Fsp3) is 0.625. The lowest BCUT2D eigenvalue weighted by molar-refractivity contribution is 0.0979. The maximum atomic E-state index is 6.15. The van der Waals surface area contributed by atoms with Gasteiger partial charge in [-0.15, -0.1) is 0 Å². The van der Waals surface area contributed by atoms with Crippen molar-refractivity contribution < 1.29 is 4.74 Å². The van der Waals surface area contributed by atoms with Gasteiger partial charge < -0.3 is 10.5 Å². The van der Waals surface area contributed by atoms with Crippen LogP contribution in [0, 0.1) is 12.3 Å². The minimum Gasteiger partial charge on any atom is -0.490 e. The second-order valence-electron chi connectivity index (χ2n) is 6.30. The molecule has 18 heavy (non-hydrogen) atoms. The third-order valence-electron chi connectivity index (χ3n) is 4.02. The zero-order valence-electron chi connectivity index (χ0n) is 11.8. The second-order valence-corrected chi connectivity index (χ2v) is 6.30. The van der Waals surface area contributed by atoms with Gasteiger partial charge in [0.15, 0.2) is 0 Å². The Morgan fingerprint density at radius 1 is 1.28 bits per heavy atom. The Morgan fingerprint density at radius 2 is 1.94 bits per heavy atom. The fourth-order valence-electron chi connectivity index (χ4n) is 2.65. The molecule has 0 unspecified atom stereocenters. The molecule has 100 valence electrons. The Kier molecular flexibility index (Phi) is 3.96. The Bertz CT molecular complexity index is 402. The van der Waals surface area contributed by atoms with Crippen LogP contribution in [0.4, 0.5) is 0 Å². The molecule has 0 heterocycles. The van der Waals surface area contributed by atoms with Gasteiger partial charge in [0.05, 0.1) is 6.10 Å². The molecule has 2 N–H and O–H groups in total. The van der Waals surface area contributed by atoms with Gasteiger partial charge in [0.1, 0.15) is 5.75 Å². The Hall–Kier alpha value is -1.02. The maximum Gasteiger partial charge on any atom is 0.124 e. The van der Waals surface area contributed by atoms with E-state index in [4.69, 9.17) is 10.5 Å². The van der Waals surface area contributed by atoms with Crippen molar-refractivity contribution in [3.8, 4) is 5.75 Å². The summed E-state index contributed by atoms with van der Waals surface area (Å²) in [5.74, 6) is 0.979. The van der Waals surface area contributed by atoms with Crippen molar-refractivity contribution in [2.45, 2.75) is 59.1 Å². The topological polar surface area (TPSA) is 35.2 Å². The van der Waals surface area contributed by atoms with E-state index in [1.54, 1.807) is 0 Å². The summed E-state index contributed by atoms with van der Waals surface area (Å²) in [4.78, 5) is 0. The number of rotatable bonds is 3. The van der Waals surface area contributed by atoms with Gasteiger partial charge in [0.2, 0.25) is 0 Å². The Balaban J connectivity index is 2.02. The van der Waals surface area contributed by atoms with E-state index >= 15 is 0 Å². The van der Waals surface area contributed by atoms with Crippen LogP contribution in [0.3, 0.4) is 0 Å². The molecule has 2 rings (SSSR count). The van der Waals surface area contributed by atoms with E-state index in [9.17, 15) is 0 Å². The highest BCUT2D eigenvalue weighted by Gasteiger charge is 2.28. The van der Waals surface area contributed by atoms with E-state index in [2.05, 4.69) is 39.0 Å². The molecule has 2 heteroatoms. The normalized spacial score (nSPS) is 19.8. The van der Waals surface area contributed by atoms with E-state index in [0.717, 1.165) is 24.2 Å². The quantitative estimate of drug-likeness (QED) is 0.881. The molecular weight excluding hydrogens is 222 g/mol. The highest BCUT2D eigenvalue weighted by molar-refractivity contribution is 5.36. The first kappa shape index (κ1) is 13.4. The van der Waals surface area contributed by atoms with E-state index in [-0.39, 0.29) is 0 Å². The van der Waals surface area contributed by atoms with Gasteiger partial charge in [0, 0.05) is 12.1 Å². The zero-order chi connectivity index (χ0) is 13.2. The smallest absolute Gasteiger partial charge is 0.124 e. The molecule has 0 saturated heterocycles. The average Bonchev–Trinajstić information content (AvgIpc) is 2.34. The number of hydrogen-bond acceptors (Lipinski definition) is 2. The number of aryl methyl sites for hydroxylation is 1. The first-order valence-corrected chi connectivity index (χ1v) is 6.96. The molecule has 1 saturated carbocycles. The number of ether oxygens (including phenoxy) is 1. The second kappa shape index (κ2) is 5.31. The van der Waals surface area contributed by atoms with E-state index in [0.29, 0.717) is 18.1 Å². The van der Waals surface area contributed by atoms with Crippen LogP contribution in [-0.2, 0) is 6.54 Å². The van der Waals surface area contributed by atoms with Crippen LogP contribution in [0.1, 0.15) is 50.7 Å². The molecule has 1 aromatic rings. The van der Waals surface area contributed by atoms with Gasteiger partial charge in [-0.05, 0) is 44.1 Å². The van der Waals surface area contributed by atoms with Crippen LogP contribution >= 0.6 is 0 Å². The standard InChI is InChI=1S/C16H25NO/c1-12-4-5-15(13(10-12)11-17)18-14-6-8-16(2,3)9-7-14/h4-5,10,14H,6-9,11,17H2,1-3H3. The lowest BCUT2D eigenvalue weighted by Gasteiger charge is -2.34. The molecule has 0 spiro atoms. The maximum absolute atomic E-state index is 6.15. The molecule has 0 aromatic heterocycles. The first-order chi connectivity index (χ1) is 8.50. The predicted octanol–water partition coefficient (Wildman–Crippen LogP) is 3.80. The number of hydrogen-bond donors (Lipinski definition) is 1. The summed E-state index contributed by atoms with van der Waals surface area (Å²) in [7, 11) is 0. The van der Waals surface area contributed by atoms with Crippen molar-refractivity contribution in [1.82, 2.24) is 0 Å². The molecule has 1 aromatic carbocycles. The van der Waals surface area contributed by atoms with Gasteiger partial charge in [-0.1, -0.05) is 31.5 Å². The van der Waals surface area contributed by atoms with Crippen LogP contribution in [0.15, 0.2) is 18.2 Å². The van der Waals surface area contributed by atoms with Crippen molar-refractivity contribution in [3.63, 3.8) is 0 Å². The van der Waals surface area contributed by atoms with Crippen LogP contribution in [0.2, 0.25) is 0 Å². The molecular formula is C16H25NO. The van der Waals surface area contributed by atoms with Crippen LogP contribution in [-0.4, -0.2) is 6.10 Å². The largest absolute Gasteiger partial charge is 0.490 e. The van der Waals surface area contributed by atoms with Gasteiger partial charge >= 0.3 is 0 Å². The monoisotopic (exact) mass is 247 g/mol. The van der Waals surface area contributed by atoms with E-state index in [1.165, 1.54) is 18.4 Å². The van der Waals surface area contributed by atoms with Crippen LogP contribution < -0.4 is 10.5 Å². The Labute approximate surface area is 111 Å². The number of benzene rings is 1. The van der Waals surface area contributed by atoms with Crippen LogP contribution in [0.5, 0.6) is 5.75 Å². The third-order valence-corrected chi connectivity index (χ3v) is 4.02. The van der Waals surface area contributed by atoms with Crippen molar-refractivity contribution >= 4 is 0 Å². The van der Waals surface area contributed by atoms with Crippen molar-refractivity contribution in [3.05, 3.63) is 29.3 Å². The summed E-state index contributed by atoms with van der Waals surface area (Å²) >= 11 is 0. The molecule has 0 aliphatic heterocycles. The van der Waals surface area contributed by atoms with Gasteiger partial charge in [-0.25, -0.2) is 0 Å². The van der Waals surface area contributed by atoms with Crippen LogP contribution in [0.25, 0.3) is 0 Å². The third kappa shape index (κ3) is 3.26. The minimum atomic E-state index is 0.367. The molecule has 0 bridgehead atoms. The molecule has 1 fully saturated rings. The first-order valence-electron chi connectivity index (χ1n) is 6.96. The summed E-state index contributed by atoms with van der Waals surface area (Å²) in [5, 5.41) is 0. The SMILES string of the molecule is Cc1ccc(OC2CCC(C)(C)CC2)c(CN)c1. The predicted molar refractivity (Wildman–Crippen MR) is 75.7 cm³/mol. The molecule has 1 aliphatic rings. The van der Waals surface area contributed by atoms with Gasteiger partial charge in [-0.2, -0.15) is 0 Å². The highest BCUT2D eigenvalue weighted by Crippen LogP contribution is 2.37. The van der Waals surface area contributed by atoms with E-state index < -0.39 is 0 Å². The lowest BCUT2D eigenvalue weighted by atomic mass is 9.76. The average molecular weight is 247 g/mol. The van der Waals surface area contributed by atoms with Gasteiger partial charge in [-0.3, -0.25) is 0 Å². The zero-order valence-corrected chi connectivity index (χ0v) is 11.8. The lowest BCUT2D eigenvalue weighted by Crippen LogP contribution is -2.28. The van der Waals surface area contributed by atoms with Crippen molar-refractivity contribution in [1.29, 1.82) is 0 Å². The molecule has 1 aliphatic carbocycles. The van der Waals surface area contributed by atoms with Crippen molar-refractivity contribution in [2.75, 3.05) is 0 Å². The molecule has 0 atom stereocenters. The minimum absolute atomic E-state index is 0.367.